The molecule has 0 aromatic heterocycles. The van der Waals surface area contributed by atoms with Crippen LogP contribution in [-0.2, 0) is 0 Å². The summed E-state index contributed by atoms with van der Waals surface area (Å²) in [5.41, 5.74) is 0.913. The van der Waals surface area contributed by atoms with Gasteiger partial charge >= 0.3 is 0 Å². The first-order valence-electron chi connectivity index (χ1n) is 9.68. The lowest BCUT2D eigenvalue weighted by molar-refractivity contribution is 0.246. The van der Waals surface area contributed by atoms with Crippen molar-refractivity contribution in [1.29, 1.82) is 0 Å². The molecule has 1 aromatic rings. The molecule has 0 spiro atoms. The summed E-state index contributed by atoms with van der Waals surface area (Å²) in [7, 11) is 0. The van der Waals surface area contributed by atoms with Gasteiger partial charge < -0.3 is 25.2 Å². The molecule has 2 rings (SSSR count). The van der Waals surface area contributed by atoms with Crippen LogP contribution in [-0.4, -0.2) is 44.0 Å². The molecule has 154 valence electrons. The van der Waals surface area contributed by atoms with Gasteiger partial charge in [0.25, 0.3) is 0 Å². The zero-order valence-corrected chi connectivity index (χ0v) is 19.0. The summed E-state index contributed by atoms with van der Waals surface area (Å²) in [5, 5.41) is 15.9. The predicted molar refractivity (Wildman–Crippen MR) is 122 cm³/mol. The molecule has 1 heterocycles. The fraction of sp³-hybridized carbons (Fsp3) is 0.650. The molecule has 0 saturated carbocycles. The Morgan fingerprint density at radius 3 is 2.63 bits per heavy atom. The number of aliphatic hydroxyl groups excluding tert-OH is 1. The number of anilines is 1. The van der Waals surface area contributed by atoms with Gasteiger partial charge in [0, 0.05) is 37.9 Å². The van der Waals surface area contributed by atoms with Gasteiger partial charge in [0.15, 0.2) is 17.5 Å². The minimum absolute atomic E-state index is 0. The number of nitrogens with one attached hydrogen (secondary N) is 2. The Hall–Kier alpha value is -1.22. The number of aliphatic imine (C=N–C) groups is 1. The fourth-order valence-corrected chi connectivity index (χ4v) is 3.04. The third-order valence-electron chi connectivity index (χ3n) is 4.20. The Balaban J connectivity index is 0.00000364. The van der Waals surface area contributed by atoms with E-state index in [2.05, 4.69) is 24.5 Å². The second kappa shape index (κ2) is 13.0. The van der Waals surface area contributed by atoms with Gasteiger partial charge in [-0.25, -0.2) is 0 Å². The number of halogens is 1. The van der Waals surface area contributed by atoms with Gasteiger partial charge in [0.1, 0.15) is 0 Å². The number of ether oxygens (including phenoxy) is 2. The van der Waals surface area contributed by atoms with Crippen molar-refractivity contribution in [1.82, 2.24) is 5.32 Å². The van der Waals surface area contributed by atoms with Crippen molar-refractivity contribution in [2.45, 2.75) is 40.0 Å². The van der Waals surface area contributed by atoms with Crippen molar-refractivity contribution in [2.75, 3.05) is 38.2 Å². The highest BCUT2D eigenvalue weighted by atomic mass is 127. The van der Waals surface area contributed by atoms with Gasteiger partial charge in [-0.1, -0.05) is 13.8 Å². The minimum Gasteiger partial charge on any atom is -0.490 e. The average Bonchev–Trinajstić information content (AvgIpc) is 2.84. The first-order chi connectivity index (χ1) is 12.6. The minimum atomic E-state index is 0. The van der Waals surface area contributed by atoms with E-state index in [-0.39, 0.29) is 30.6 Å². The first-order valence-corrected chi connectivity index (χ1v) is 9.68. The van der Waals surface area contributed by atoms with Crippen LogP contribution in [0, 0.1) is 11.8 Å². The van der Waals surface area contributed by atoms with Gasteiger partial charge in [0.05, 0.1) is 13.2 Å². The van der Waals surface area contributed by atoms with Crippen molar-refractivity contribution < 1.29 is 14.6 Å². The largest absolute Gasteiger partial charge is 0.490 e. The van der Waals surface area contributed by atoms with Crippen molar-refractivity contribution in [3.63, 3.8) is 0 Å². The molecule has 27 heavy (non-hydrogen) atoms. The zero-order chi connectivity index (χ0) is 18.8. The number of guanidine groups is 1. The topological polar surface area (TPSA) is 75.1 Å². The number of hydrogen-bond donors (Lipinski definition) is 3. The zero-order valence-electron chi connectivity index (χ0n) is 16.7. The molecule has 1 aliphatic rings. The highest BCUT2D eigenvalue weighted by Gasteiger charge is 2.13. The lowest BCUT2D eigenvalue weighted by atomic mass is 9.94. The average molecular weight is 491 g/mol. The van der Waals surface area contributed by atoms with Crippen LogP contribution in [0.15, 0.2) is 23.2 Å². The van der Waals surface area contributed by atoms with E-state index in [1.807, 2.05) is 25.1 Å². The maximum Gasteiger partial charge on any atom is 0.195 e. The molecular formula is C20H34IN3O3. The normalized spacial score (nSPS) is 14.9. The van der Waals surface area contributed by atoms with Gasteiger partial charge in [-0.3, -0.25) is 4.99 Å². The Bertz CT molecular complexity index is 582. The van der Waals surface area contributed by atoms with E-state index in [0.717, 1.165) is 49.0 Å². The third-order valence-corrected chi connectivity index (χ3v) is 4.20. The van der Waals surface area contributed by atoms with Gasteiger partial charge in [-0.2, -0.15) is 0 Å². The fourth-order valence-electron chi connectivity index (χ4n) is 3.04. The maximum absolute atomic E-state index is 9.28. The Morgan fingerprint density at radius 1 is 1.22 bits per heavy atom. The van der Waals surface area contributed by atoms with Crippen molar-refractivity contribution in [3.05, 3.63) is 18.2 Å². The molecule has 1 aromatic carbocycles. The van der Waals surface area contributed by atoms with E-state index >= 15 is 0 Å². The highest BCUT2D eigenvalue weighted by Crippen LogP contribution is 2.32. The monoisotopic (exact) mass is 491 g/mol. The molecular weight excluding hydrogens is 457 g/mol. The lowest BCUT2D eigenvalue weighted by Crippen LogP contribution is -2.31. The smallest absolute Gasteiger partial charge is 0.195 e. The van der Waals surface area contributed by atoms with E-state index in [0.29, 0.717) is 31.6 Å². The molecule has 0 saturated heterocycles. The summed E-state index contributed by atoms with van der Waals surface area (Å²) in [6, 6.07) is 5.85. The van der Waals surface area contributed by atoms with E-state index in [1.54, 1.807) is 0 Å². The summed E-state index contributed by atoms with van der Waals surface area (Å²) >= 11 is 0. The standard InChI is InChI=1S/C20H33N3O3.HI/c1-4-21-20(22-14-16(8-9-24)12-15(2)3)23-17-6-7-18-19(13-17)26-11-5-10-25-18;/h6-7,13,15-16,24H,4-5,8-12,14H2,1-3H3,(H2,21,22,23);1H. The van der Waals surface area contributed by atoms with Crippen molar-refractivity contribution >= 4 is 35.6 Å². The molecule has 1 atom stereocenters. The first kappa shape index (κ1) is 23.8. The summed E-state index contributed by atoms with van der Waals surface area (Å²) in [5.74, 6) is 3.28. The molecule has 0 amide bonds. The van der Waals surface area contributed by atoms with Gasteiger partial charge in [-0.15, -0.1) is 24.0 Å². The van der Waals surface area contributed by atoms with Gasteiger partial charge in [-0.05, 0) is 43.7 Å². The Morgan fingerprint density at radius 2 is 1.96 bits per heavy atom. The summed E-state index contributed by atoms with van der Waals surface area (Å²) < 4.78 is 11.4. The van der Waals surface area contributed by atoms with Crippen molar-refractivity contribution in [2.24, 2.45) is 16.8 Å². The summed E-state index contributed by atoms with van der Waals surface area (Å²) in [6.45, 7) is 9.49. The number of hydrogen-bond acceptors (Lipinski definition) is 4. The Kier molecular flexibility index (Phi) is 11.5. The third kappa shape index (κ3) is 8.55. The molecule has 0 aliphatic carbocycles. The van der Waals surface area contributed by atoms with Crippen LogP contribution in [0.25, 0.3) is 0 Å². The summed E-state index contributed by atoms with van der Waals surface area (Å²) in [6.07, 6.45) is 2.74. The molecule has 1 aliphatic heterocycles. The molecule has 0 fully saturated rings. The number of rotatable bonds is 8. The Labute approximate surface area is 180 Å². The number of aliphatic hydroxyl groups is 1. The SMILES string of the molecule is CCNC(=NCC(CCO)CC(C)C)Nc1ccc2c(c1)OCCCO2.I. The van der Waals surface area contributed by atoms with Crippen LogP contribution in [0.5, 0.6) is 11.5 Å². The molecule has 3 N–H and O–H groups in total. The van der Waals surface area contributed by atoms with Crippen LogP contribution in [0.1, 0.15) is 40.0 Å². The van der Waals surface area contributed by atoms with Gasteiger partial charge in [0.2, 0.25) is 0 Å². The van der Waals surface area contributed by atoms with Crippen molar-refractivity contribution in [3.8, 4) is 11.5 Å². The molecule has 7 heteroatoms. The van der Waals surface area contributed by atoms with Crippen LogP contribution in [0.3, 0.4) is 0 Å². The summed E-state index contributed by atoms with van der Waals surface area (Å²) in [4.78, 5) is 4.72. The van der Waals surface area contributed by atoms with Crippen LogP contribution >= 0.6 is 24.0 Å². The number of nitrogens with zero attached hydrogens (tertiary/aromatic N) is 1. The van der Waals surface area contributed by atoms with Crippen LogP contribution in [0.4, 0.5) is 5.69 Å². The molecule has 0 radical (unpaired) electrons. The van der Waals surface area contributed by atoms with E-state index in [4.69, 9.17) is 14.5 Å². The van der Waals surface area contributed by atoms with Crippen LogP contribution in [0.2, 0.25) is 0 Å². The second-order valence-electron chi connectivity index (χ2n) is 7.06. The predicted octanol–water partition coefficient (Wildman–Crippen LogP) is 3.89. The lowest BCUT2D eigenvalue weighted by Gasteiger charge is -2.18. The van der Waals surface area contributed by atoms with Crippen LogP contribution < -0.4 is 20.1 Å². The van der Waals surface area contributed by atoms with E-state index < -0.39 is 0 Å². The maximum atomic E-state index is 9.28. The number of fused-ring (bicyclic) bond motifs is 1. The number of benzene rings is 1. The second-order valence-corrected chi connectivity index (χ2v) is 7.06. The van der Waals surface area contributed by atoms with E-state index in [1.165, 1.54) is 0 Å². The van der Waals surface area contributed by atoms with E-state index in [9.17, 15) is 5.11 Å². The highest BCUT2D eigenvalue weighted by molar-refractivity contribution is 14.0. The molecule has 6 nitrogen and oxygen atoms in total. The quantitative estimate of drug-likeness (QED) is 0.292. The molecule has 0 bridgehead atoms. The molecule has 1 unspecified atom stereocenters.